The summed E-state index contributed by atoms with van der Waals surface area (Å²) in [6.45, 7) is 1.90. The molecule has 0 fully saturated rings. The number of benzene rings is 5. The van der Waals surface area contributed by atoms with E-state index in [1.54, 1.807) is 48.5 Å². The summed E-state index contributed by atoms with van der Waals surface area (Å²) < 4.78 is 0. The smallest absolute Gasteiger partial charge is 0.272 e. The van der Waals surface area contributed by atoms with Gasteiger partial charge in [-0.05, 0) is 83.4 Å². The van der Waals surface area contributed by atoms with Crippen LogP contribution in [-0.4, -0.2) is 23.5 Å². The van der Waals surface area contributed by atoms with Crippen molar-refractivity contribution < 1.29 is 14.4 Å². The highest BCUT2D eigenvalue weighted by atomic mass is 35.5. The fraction of sp³-hybridized carbons (Fsp3) is 0.0571. The molecular weight excluding hydrogens is 578 g/mol. The van der Waals surface area contributed by atoms with E-state index in [2.05, 4.69) is 16.0 Å². The number of thioether (sulfide) groups is 1. The van der Waals surface area contributed by atoms with Crippen LogP contribution in [0.1, 0.15) is 21.5 Å². The van der Waals surface area contributed by atoms with Crippen molar-refractivity contribution in [2.45, 2.75) is 11.8 Å². The second-order valence-electron chi connectivity index (χ2n) is 9.73. The lowest BCUT2D eigenvalue weighted by molar-refractivity contribution is -0.114. The molecule has 0 saturated carbocycles. The van der Waals surface area contributed by atoms with Crippen molar-refractivity contribution in [3.8, 4) is 0 Å². The topological polar surface area (TPSA) is 87.3 Å². The zero-order chi connectivity index (χ0) is 30.2. The van der Waals surface area contributed by atoms with Gasteiger partial charge in [0.25, 0.3) is 11.8 Å². The van der Waals surface area contributed by atoms with Gasteiger partial charge in [-0.25, -0.2) is 0 Å². The van der Waals surface area contributed by atoms with Crippen molar-refractivity contribution in [3.05, 3.63) is 143 Å². The van der Waals surface area contributed by atoms with E-state index in [0.29, 0.717) is 22.0 Å². The molecule has 5 aromatic carbocycles. The number of carbonyl (C=O) groups excluding carboxylic acids is 3. The van der Waals surface area contributed by atoms with E-state index in [4.69, 9.17) is 11.6 Å². The molecule has 5 aromatic rings. The second kappa shape index (κ2) is 13.9. The van der Waals surface area contributed by atoms with Crippen LogP contribution in [0, 0.1) is 6.92 Å². The Morgan fingerprint density at radius 1 is 0.767 bits per heavy atom. The molecule has 0 aliphatic carbocycles. The normalized spacial score (nSPS) is 11.2. The maximum absolute atomic E-state index is 13.5. The molecular formula is C35H28ClN3O3S. The molecule has 0 spiro atoms. The van der Waals surface area contributed by atoms with E-state index in [0.717, 1.165) is 26.8 Å². The Hall–Kier alpha value is -4.85. The molecule has 0 aromatic heterocycles. The standard InChI is InChI=1S/C35H28ClN3O3S/c1-23-14-15-28(21-31(23)36)37-33(40)22-43-29-18-16-27(17-19-29)38-35(42)32(39-34(41)25-9-3-2-4-10-25)20-26-12-7-11-24-8-5-6-13-30(24)26/h2-21H,22H2,1H3,(H,37,40)(H,38,42)(H,39,41)/b32-20-. The number of aryl methyl sites for hydroxylation is 1. The van der Waals surface area contributed by atoms with Crippen LogP contribution in [0.3, 0.4) is 0 Å². The van der Waals surface area contributed by atoms with Crippen molar-refractivity contribution >= 4 is 69.3 Å². The highest BCUT2D eigenvalue weighted by Gasteiger charge is 2.16. The lowest BCUT2D eigenvalue weighted by atomic mass is 10.0. The average Bonchev–Trinajstić information content (AvgIpc) is 3.02. The molecule has 0 unspecified atom stereocenters. The number of nitrogens with one attached hydrogen (secondary N) is 3. The van der Waals surface area contributed by atoms with Crippen LogP contribution in [0.4, 0.5) is 11.4 Å². The van der Waals surface area contributed by atoms with Crippen molar-refractivity contribution in [1.29, 1.82) is 0 Å². The number of amides is 3. The highest BCUT2D eigenvalue weighted by Crippen LogP contribution is 2.24. The van der Waals surface area contributed by atoms with Crippen LogP contribution in [0.15, 0.2) is 126 Å². The summed E-state index contributed by atoms with van der Waals surface area (Å²) in [5.74, 6) is -0.797. The van der Waals surface area contributed by atoms with Gasteiger partial charge in [-0.1, -0.05) is 78.3 Å². The van der Waals surface area contributed by atoms with Crippen LogP contribution >= 0.6 is 23.4 Å². The maximum atomic E-state index is 13.5. The zero-order valence-corrected chi connectivity index (χ0v) is 24.8. The Morgan fingerprint density at radius 2 is 1.47 bits per heavy atom. The summed E-state index contributed by atoms with van der Waals surface area (Å²) in [6, 6.07) is 35.0. The highest BCUT2D eigenvalue weighted by molar-refractivity contribution is 8.00. The number of fused-ring (bicyclic) bond motifs is 1. The monoisotopic (exact) mass is 605 g/mol. The van der Waals surface area contributed by atoms with E-state index in [1.807, 2.05) is 79.7 Å². The van der Waals surface area contributed by atoms with Gasteiger partial charge in [-0.2, -0.15) is 0 Å². The molecule has 214 valence electrons. The van der Waals surface area contributed by atoms with E-state index >= 15 is 0 Å². The number of anilines is 2. The molecule has 0 radical (unpaired) electrons. The first-order valence-electron chi connectivity index (χ1n) is 13.5. The molecule has 3 amide bonds. The van der Waals surface area contributed by atoms with Crippen LogP contribution in [0.5, 0.6) is 0 Å². The van der Waals surface area contributed by atoms with Gasteiger partial charge >= 0.3 is 0 Å². The van der Waals surface area contributed by atoms with E-state index in [1.165, 1.54) is 11.8 Å². The fourth-order valence-corrected chi connectivity index (χ4v) is 5.20. The van der Waals surface area contributed by atoms with Crippen LogP contribution in [0.2, 0.25) is 5.02 Å². The molecule has 0 atom stereocenters. The Morgan fingerprint density at radius 3 is 2.23 bits per heavy atom. The van der Waals surface area contributed by atoms with Crippen molar-refractivity contribution in [1.82, 2.24) is 5.32 Å². The Bertz CT molecular complexity index is 1820. The molecule has 5 rings (SSSR count). The molecule has 6 nitrogen and oxygen atoms in total. The summed E-state index contributed by atoms with van der Waals surface area (Å²) >= 11 is 7.52. The van der Waals surface area contributed by atoms with Crippen molar-refractivity contribution in [3.63, 3.8) is 0 Å². The van der Waals surface area contributed by atoms with Crippen molar-refractivity contribution in [2.75, 3.05) is 16.4 Å². The molecule has 43 heavy (non-hydrogen) atoms. The zero-order valence-electron chi connectivity index (χ0n) is 23.3. The van der Waals surface area contributed by atoms with Gasteiger partial charge in [0.1, 0.15) is 5.70 Å². The average molecular weight is 606 g/mol. The Labute approximate surface area is 259 Å². The van der Waals surface area contributed by atoms with Gasteiger partial charge in [-0.15, -0.1) is 11.8 Å². The van der Waals surface area contributed by atoms with Crippen LogP contribution in [-0.2, 0) is 9.59 Å². The summed E-state index contributed by atoms with van der Waals surface area (Å²) in [5, 5.41) is 11.1. The largest absolute Gasteiger partial charge is 0.325 e. The molecule has 0 saturated heterocycles. The predicted octanol–water partition coefficient (Wildman–Crippen LogP) is 7.94. The minimum Gasteiger partial charge on any atom is -0.325 e. The van der Waals surface area contributed by atoms with Gasteiger partial charge in [0.2, 0.25) is 5.91 Å². The number of rotatable bonds is 9. The lowest BCUT2D eigenvalue weighted by Crippen LogP contribution is -2.30. The molecule has 0 heterocycles. The molecule has 0 bridgehead atoms. The first-order chi connectivity index (χ1) is 20.9. The minimum atomic E-state index is -0.464. The molecule has 0 aliphatic heterocycles. The SMILES string of the molecule is Cc1ccc(NC(=O)CSc2ccc(NC(=O)/C(=C/c3cccc4ccccc34)NC(=O)c3ccccc3)cc2)cc1Cl. The van der Waals surface area contributed by atoms with E-state index in [-0.39, 0.29) is 23.3 Å². The lowest BCUT2D eigenvalue weighted by Gasteiger charge is -2.13. The third kappa shape index (κ3) is 7.92. The van der Waals surface area contributed by atoms with Gasteiger partial charge in [-0.3, -0.25) is 14.4 Å². The molecule has 0 aliphatic rings. The Balaban J connectivity index is 1.28. The summed E-state index contributed by atoms with van der Waals surface area (Å²) in [5.41, 5.74) is 3.48. The number of hydrogen-bond donors (Lipinski definition) is 3. The summed E-state index contributed by atoms with van der Waals surface area (Å²) in [7, 11) is 0. The first kappa shape index (κ1) is 29.6. The number of carbonyl (C=O) groups is 3. The molecule has 3 N–H and O–H groups in total. The van der Waals surface area contributed by atoms with Crippen LogP contribution < -0.4 is 16.0 Å². The second-order valence-corrected chi connectivity index (χ2v) is 11.2. The van der Waals surface area contributed by atoms with Gasteiger partial charge in [0.15, 0.2) is 0 Å². The third-order valence-corrected chi connectivity index (χ3v) is 8.01. The van der Waals surface area contributed by atoms with Crippen LogP contribution in [0.25, 0.3) is 16.8 Å². The predicted molar refractivity (Wildman–Crippen MR) is 176 cm³/mol. The van der Waals surface area contributed by atoms with Crippen molar-refractivity contribution in [2.24, 2.45) is 0 Å². The van der Waals surface area contributed by atoms with E-state index in [9.17, 15) is 14.4 Å². The minimum absolute atomic E-state index is 0.108. The first-order valence-corrected chi connectivity index (χ1v) is 14.9. The third-order valence-electron chi connectivity index (χ3n) is 6.59. The summed E-state index contributed by atoms with van der Waals surface area (Å²) in [6.07, 6.45) is 1.68. The molecule has 8 heteroatoms. The summed E-state index contributed by atoms with van der Waals surface area (Å²) in [4.78, 5) is 39.8. The Kier molecular flexibility index (Phi) is 9.56. The van der Waals surface area contributed by atoms with Gasteiger partial charge in [0.05, 0.1) is 5.75 Å². The maximum Gasteiger partial charge on any atom is 0.272 e. The van der Waals surface area contributed by atoms with E-state index < -0.39 is 5.91 Å². The van der Waals surface area contributed by atoms with Gasteiger partial charge < -0.3 is 16.0 Å². The van der Waals surface area contributed by atoms with Gasteiger partial charge in [0, 0.05) is 26.9 Å². The number of halogens is 1. The number of hydrogen-bond acceptors (Lipinski definition) is 4. The quantitative estimate of drug-likeness (QED) is 0.118. The fourth-order valence-electron chi connectivity index (χ4n) is 4.32.